The molecular weight excluding hydrogens is 1280 g/mol. The van der Waals surface area contributed by atoms with E-state index in [1.54, 1.807) is 0 Å². The molecule has 0 aromatic rings. The Balaban J connectivity index is 5.26. The van der Waals surface area contributed by atoms with E-state index < -0.39 is 97.5 Å². The van der Waals surface area contributed by atoms with E-state index in [0.29, 0.717) is 31.6 Å². The van der Waals surface area contributed by atoms with Crippen LogP contribution in [0.25, 0.3) is 0 Å². The van der Waals surface area contributed by atoms with Crippen LogP contribution in [0.3, 0.4) is 0 Å². The van der Waals surface area contributed by atoms with E-state index in [-0.39, 0.29) is 25.7 Å². The van der Waals surface area contributed by atoms with E-state index in [1.807, 2.05) is 0 Å². The third kappa shape index (κ3) is 71.9. The van der Waals surface area contributed by atoms with Gasteiger partial charge in [0.25, 0.3) is 0 Å². The van der Waals surface area contributed by atoms with Gasteiger partial charge in [0.05, 0.1) is 26.4 Å². The lowest BCUT2D eigenvalue weighted by molar-refractivity contribution is -0.161. The summed E-state index contributed by atoms with van der Waals surface area (Å²) >= 11 is 0. The first-order valence-electron chi connectivity index (χ1n) is 40.3. The number of phosphoric ester groups is 2. The third-order valence-corrected chi connectivity index (χ3v) is 19.7. The minimum atomic E-state index is -4.97. The molecule has 578 valence electrons. The predicted octanol–water partition coefficient (Wildman–Crippen LogP) is 23.1. The van der Waals surface area contributed by atoms with Gasteiger partial charge in [-0.1, -0.05) is 336 Å². The smallest absolute Gasteiger partial charge is 0.462 e. The van der Waals surface area contributed by atoms with Gasteiger partial charge in [-0.3, -0.25) is 37.3 Å². The number of unbranched alkanes of at least 4 members (excludes halogenated alkanes) is 43. The fourth-order valence-corrected chi connectivity index (χ4v) is 13.2. The molecule has 5 atom stereocenters. The van der Waals surface area contributed by atoms with Crippen molar-refractivity contribution in [2.75, 3.05) is 39.6 Å². The van der Waals surface area contributed by atoms with E-state index in [9.17, 15) is 43.2 Å². The second kappa shape index (κ2) is 70.2. The number of hydrogen-bond donors (Lipinski definition) is 3. The van der Waals surface area contributed by atoms with E-state index in [0.717, 1.165) is 121 Å². The SMILES string of the molecule is CCCCCC/C=C\C=C/CCCCCCCC(=O)OC[C@H](COP(=O)(O)OC[C@@H](O)COP(=O)(O)OC[C@@H](COC(=O)CCCCCCCCCC(C)C)OC(=O)CCCCCCCCCCCCC(C)C)OC(=O)CCCCCCCCCCCCCCCCCCCCCC. The average molecular weight is 1430 g/mol. The van der Waals surface area contributed by atoms with Crippen LogP contribution < -0.4 is 0 Å². The maximum Gasteiger partial charge on any atom is 0.472 e. The molecule has 0 amide bonds. The van der Waals surface area contributed by atoms with Crippen molar-refractivity contribution >= 4 is 39.5 Å². The number of aliphatic hydroxyl groups excluding tert-OH is 1. The fraction of sp³-hybridized carbons (Fsp3) is 0.899. The Morgan fingerprint density at radius 2 is 0.551 bits per heavy atom. The van der Waals surface area contributed by atoms with Crippen molar-refractivity contribution in [1.82, 2.24) is 0 Å². The summed E-state index contributed by atoms with van der Waals surface area (Å²) in [5.74, 6) is -0.691. The molecule has 0 fully saturated rings. The highest BCUT2D eigenvalue weighted by atomic mass is 31.2. The van der Waals surface area contributed by atoms with Crippen molar-refractivity contribution in [2.45, 2.75) is 407 Å². The normalized spacial score (nSPS) is 14.1. The lowest BCUT2D eigenvalue weighted by atomic mass is 10.0. The van der Waals surface area contributed by atoms with E-state index in [2.05, 4.69) is 65.8 Å². The molecule has 0 aliphatic heterocycles. The summed E-state index contributed by atoms with van der Waals surface area (Å²) in [5, 5.41) is 10.6. The molecule has 0 spiro atoms. The average Bonchev–Trinajstić information content (AvgIpc) is 1.10. The van der Waals surface area contributed by atoms with Crippen molar-refractivity contribution in [1.29, 1.82) is 0 Å². The molecule has 19 heteroatoms. The van der Waals surface area contributed by atoms with Crippen LogP contribution in [-0.2, 0) is 65.4 Å². The first-order valence-corrected chi connectivity index (χ1v) is 43.3. The second-order valence-electron chi connectivity index (χ2n) is 28.7. The summed E-state index contributed by atoms with van der Waals surface area (Å²) < 4.78 is 68.6. The molecule has 3 N–H and O–H groups in total. The largest absolute Gasteiger partial charge is 0.472 e. The Bertz CT molecular complexity index is 1980. The van der Waals surface area contributed by atoms with Crippen molar-refractivity contribution in [3.63, 3.8) is 0 Å². The zero-order valence-electron chi connectivity index (χ0n) is 63.6. The second-order valence-corrected chi connectivity index (χ2v) is 31.6. The van der Waals surface area contributed by atoms with Gasteiger partial charge in [0.1, 0.15) is 19.3 Å². The maximum absolute atomic E-state index is 13.1. The quantitative estimate of drug-likeness (QED) is 0.0169. The van der Waals surface area contributed by atoms with Crippen LogP contribution in [0.1, 0.15) is 388 Å². The fourth-order valence-electron chi connectivity index (χ4n) is 11.6. The van der Waals surface area contributed by atoms with Crippen molar-refractivity contribution < 1.29 is 80.2 Å². The first-order chi connectivity index (χ1) is 47.4. The lowest BCUT2D eigenvalue weighted by Gasteiger charge is -2.21. The predicted molar refractivity (Wildman–Crippen MR) is 400 cm³/mol. The first kappa shape index (κ1) is 95.5. The van der Waals surface area contributed by atoms with Crippen LogP contribution in [0.2, 0.25) is 0 Å². The number of phosphoric acid groups is 2. The van der Waals surface area contributed by atoms with Gasteiger partial charge in [0.2, 0.25) is 0 Å². The molecule has 0 aromatic carbocycles. The number of ether oxygens (including phenoxy) is 4. The Hall–Kier alpha value is -2.46. The summed E-state index contributed by atoms with van der Waals surface area (Å²) in [7, 11) is -9.93. The number of carbonyl (C=O) groups excluding carboxylic acids is 4. The van der Waals surface area contributed by atoms with Crippen LogP contribution >= 0.6 is 15.6 Å². The number of rotatable bonds is 76. The van der Waals surface area contributed by atoms with E-state index >= 15 is 0 Å². The van der Waals surface area contributed by atoms with Crippen LogP contribution in [0.4, 0.5) is 0 Å². The zero-order chi connectivity index (χ0) is 72.1. The van der Waals surface area contributed by atoms with Gasteiger partial charge in [-0.25, -0.2) is 9.13 Å². The molecule has 0 heterocycles. The molecule has 0 rings (SSSR count). The highest BCUT2D eigenvalue weighted by molar-refractivity contribution is 7.47. The topological polar surface area (TPSA) is 237 Å². The molecule has 0 saturated heterocycles. The monoisotopic (exact) mass is 1430 g/mol. The highest BCUT2D eigenvalue weighted by Crippen LogP contribution is 2.45. The molecule has 0 saturated carbocycles. The van der Waals surface area contributed by atoms with Gasteiger partial charge < -0.3 is 33.8 Å². The number of hydrogen-bond acceptors (Lipinski definition) is 15. The molecule has 0 aromatic heterocycles. The Kier molecular flexibility index (Phi) is 68.5. The lowest BCUT2D eigenvalue weighted by Crippen LogP contribution is -2.30. The van der Waals surface area contributed by atoms with Crippen molar-refractivity contribution in [3.8, 4) is 0 Å². The Morgan fingerprint density at radius 1 is 0.316 bits per heavy atom. The Morgan fingerprint density at radius 3 is 0.837 bits per heavy atom. The number of aliphatic hydroxyl groups is 1. The van der Waals surface area contributed by atoms with Crippen LogP contribution in [0, 0.1) is 11.8 Å². The molecular formula is C79H150O17P2. The van der Waals surface area contributed by atoms with Gasteiger partial charge in [0.15, 0.2) is 12.2 Å². The standard InChI is InChI=1S/C79H150O17P2/c1-7-9-11-13-15-17-19-21-23-24-25-26-27-29-31-33-38-44-51-57-63-78(83)95-74(67-89-76(81)61-55-49-43-37-32-30-28-22-20-18-16-14-12-10-8-2)69-93-97(85,86)91-65-73(80)66-92-98(87,88)94-70-75(68-90-77(82)62-56-50-46-40-42-48-54-60-72(5)6)96-79(84)64-58-52-45-39-35-34-36-41-47-53-59-71(3)4/h18,20,22,28,71-75,80H,7-17,19,21,23-27,29-70H2,1-6H3,(H,85,86)(H,87,88)/b20-18-,28-22-/t73-,74-,75-/m1/s1. The summed E-state index contributed by atoms with van der Waals surface area (Å²) in [5.41, 5.74) is 0. The number of esters is 4. The molecule has 17 nitrogen and oxygen atoms in total. The summed E-state index contributed by atoms with van der Waals surface area (Å²) in [6.07, 6.45) is 62.0. The molecule has 0 aliphatic rings. The van der Waals surface area contributed by atoms with Crippen LogP contribution in [0.5, 0.6) is 0 Å². The minimum absolute atomic E-state index is 0.102. The molecule has 98 heavy (non-hydrogen) atoms. The van der Waals surface area contributed by atoms with Crippen molar-refractivity contribution in [2.24, 2.45) is 11.8 Å². The zero-order valence-corrected chi connectivity index (χ0v) is 65.4. The van der Waals surface area contributed by atoms with E-state index in [4.69, 9.17) is 37.0 Å². The minimum Gasteiger partial charge on any atom is -0.462 e. The van der Waals surface area contributed by atoms with Gasteiger partial charge in [-0.15, -0.1) is 0 Å². The van der Waals surface area contributed by atoms with E-state index in [1.165, 1.54) is 180 Å². The maximum atomic E-state index is 13.1. The third-order valence-electron chi connectivity index (χ3n) is 17.8. The molecule has 0 bridgehead atoms. The molecule has 2 unspecified atom stereocenters. The van der Waals surface area contributed by atoms with Gasteiger partial charge in [0, 0.05) is 25.7 Å². The summed E-state index contributed by atoms with van der Waals surface area (Å²) in [6, 6.07) is 0. The van der Waals surface area contributed by atoms with Gasteiger partial charge >= 0.3 is 39.5 Å². The Labute approximate surface area is 599 Å². The van der Waals surface area contributed by atoms with Crippen molar-refractivity contribution in [3.05, 3.63) is 24.3 Å². The highest BCUT2D eigenvalue weighted by Gasteiger charge is 2.30. The summed E-state index contributed by atoms with van der Waals surface area (Å²) in [4.78, 5) is 72.9. The molecule has 0 radical (unpaired) electrons. The summed E-state index contributed by atoms with van der Waals surface area (Å²) in [6.45, 7) is 9.48. The van der Waals surface area contributed by atoms with Gasteiger partial charge in [-0.05, 0) is 63.2 Å². The van der Waals surface area contributed by atoms with Crippen LogP contribution in [0.15, 0.2) is 24.3 Å². The van der Waals surface area contributed by atoms with Gasteiger partial charge in [-0.2, -0.15) is 0 Å². The van der Waals surface area contributed by atoms with Crippen LogP contribution in [-0.4, -0.2) is 96.7 Å². The number of allylic oxidation sites excluding steroid dienone is 4. The number of carbonyl (C=O) groups is 4. The molecule has 0 aliphatic carbocycles.